The van der Waals surface area contributed by atoms with Crippen LogP contribution >= 0.6 is 0 Å². The first-order valence-electron chi connectivity index (χ1n) is 7.52. The second kappa shape index (κ2) is 5.61. The molecule has 1 aliphatic heterocycles. The summed E-state index contributed by atoms with van der Waals surface area (Å²) in [6, 6.07) is 9.43. The Hall–Kier alpha value is -0.900. The van der Waals surface area contributed by atoms with Crippen LogP contribution in [0.25, 0.3) is 0 Å². The largest absolute Gasteiger partial charge is 0.329 e. The monoisotopic (exact) mass is 259 g/mol. The first-order chi connectivity index (χ1) is 9.28. The lowest BCUT2D eigenvalue weighted by atomic mass is 9.77. The zero-order chi connectivity index (χ0) is 13.2. The van der Waals surface area contributed by atoms with Crippen molar-refractivity contribution in [3.63, 3.8) is 0 Å². The van der Waals surface area contributed by atoms with E-state index in [2.05, 4.69) is 41.0 Å². The summed E-state index contributed by atoms with van der Waals surface area (Å²) in [5, 5.41) is 0. The maximum absolute atomic E-state index is 5.75. The Morgan fingerprint density at radius 2 is 1.95 bits per heavy atom. The number of hydrogen-bond acceptors (Lipinski definition) is 3. The third-order valence-electron chi connectivity index (χ3n) is 4.81. The highest BCUT2D eigenvalue weighted by atomic mass is 15.3. The molecule has 2 aliphatic rings. The molecule has 1 saturated heterocycles. The Bertz CT molecular complexity index is 424. The van der Waals surface area contributed by atoms with Gasteiger partial charge in [0.1, 0.15) is 0 Å². The zero-order valence-electron chi connectivity index (χ0n) is 11.9. The van der Waals surface area contributed by atoms with Crippen LogP contribution < -0.4 is 5.73 Å². The van der Waals surface area contributed by atoms with E-state index in [9.17, 15) is 0 Å². The molecule has 0 saturated carbocycles. The number of nitrogens with zero attached hydrogens (tertiary/aromatic N) is 2. The quantitative estimate of drug-likeness (QED) is 0.884. The second-order valence-electron chi connectivity index (χ2n) is 6.02. The van der Waals surface area contributed by atoms with Gasteiger partial charge in [0.05, 0.1) is 0 Å². The lowest BCUT2D eigenvalue weighted by molar-refractivity contribution is 0.0988. The van der Waals surface area contributed by atoms with Gasteiger partial charge in [-0.05, 0) is 24.5 Å². The Balaban J connectivity index is 1.49. The molecule has 3 rings (SSSR count). The Kier molecular flexibility index (Phi) is 3.87. The van der Waals surface area contributed by atoms with E-state index in [0.717, 1.165) is 12.5 Å². The number of hydrogen-bond donors (Lipinski definition) is 1. The Morgan fingerprint density at radius 3 is 2.63 bits per heavy atom. The molecule has 3 heteroatoms. The summed E-state index contributed by atoms with van der Waals surface area (Å²) in [5.74, 6) is 0.773. The molecule has 0 radical (unpaired) electrons. The summed E-state index contributed by atoms with van der Waals surface area (Å²) in [5.41, 5.74) is 8.89. The molecule has 0 bridgehead atoms. The summed E-state index contributed by atoms with van der Waals surface area (Å²) >= 11 is 0. The van der Waals surface area contributed by atoms with E-state index in [1.165, 1.54) is 39.1 Å². The predicted molar refractivity (Wildman–Crippen MR) is 79.4 cm³/mol. The van der Waals surface area contributed by atoms with Gasteiger partial charge >= 0.3 is 0 Å². The molecule has 104 valence electrons. The molecule has 0 aromatic heterocycles. The molecule has 1 aromatic carbocycles. The first-order valence-corrected chi connectivity index (χ1v) is 7.52. The standard InChI is InChI=1S/C16H25N3/c1-13(11-17)19-8-6-18(7-9-19)12-15-10-14-4-2-3-5-16(14)15/h2-5,13,15H,6-12,17H2,1H3. The second-order valence-corrected chi connectivity index (χ2v) is 6.02. The highest BCUT2D eigenvalue weighted by Gasteiger charge is 2.29. The molecular formula is C16H25N3. The summed E-state index contributed by atoms with van der Waals surface area (Å²) in [4.78, 5) is 5.14. The van der Waals surface area contributed by atoms with Crippen LogP contribution in [0.1, 0.15) is 24.0 Å². The summed E-state index contributed by atoms with van der Waals surface area (Å²) in [6.07, 6.45) is 1.27. The highest BCUT2D eigenvalue weighted by Crippen LogP contribution is 2.35. The van der Waals surface area contributed by atoms with Gasteiger partial charge in [0.15, 0.2) is 0 Å². The van der Waals surface area contributed by atoms with Crippen molar-refractivity contribution in [3.8, 4) is 0 Å². The van der Waals surface area contributed by atoms with Gasteiger partial charge < -0.3 is 10.6 Å². The average molecular weight is 259 g/mol. The van der Waals surface area contributed by atoms with Crippen molar-refractivity contribution in [1.29, 1.82) is 0 Å². The number of rotatable bonds is 4. The van der Waals surface area contributed by atoms with Crippen molar-refractivity contribution >= 4 is 0 Å². The lowest BCUT2D eigenvalue weighted by Crippen LogP contribution is -2.52. The molecule has 0 amide bonds. The first kappa shape index (κ1) is 13.1. The van der Waals surface area contributed by atoms with E-state index in [4.69, 9.17) is 5.73 Å². The van der Waals surface area contributed by atoms with E-state index in [1.54, 1.807) is 11.1 Å². The average Bonchev–Trinajstić information content (AvgIpc) is 2.44. The molecule has 1 aromatic rings. The van der Waals surface area contributed by atoms with Crippen LogP contribution in [0.15, 0.2) is 24.3 Å². The molecule has 1 fully saturated rings. The molecule has 1 heterocycles. The number of nitrogens with two attached hydrogens (primary N) is 1. The molecule has 0 spiro atoms. The third kappa shape index (κ3) is 2.69. The van der Waals surface area contributed by atoms with Crippen LogP contribution in [-0.2, 0) is 6.42 Å². The predicted octanol–water partition coefficient (Wildman–Crippen LogP) is 1.29. The maximum atomic E-state index is 5.75. The Labute approximate surface area is 116 Å². The van der Waals surface area contributed by atoms with Gasteiger partial charge in [0.2, 0.25) is 0 Å². The van der Waals surface area contributed by atoms with Crippen LogP contribution in [0.4, 0.5) is 0 Å². The molecular weight excluding hydrogens is 234 g/mol. The smallest absolute Gasteiger partial charge is 0.0191 e. The normalized spacial score (nSPS) is 25.7. The fourth-order valence-electron chi connectivity index (χ4n) is 3.37. The van der Waals surface area contributed by atoms with Gasteiger partial charge in [-0.2, -0.15) is 0 Å². The van der Waals surface area contributed by atoms with Gasteiger partial charge in [-0.1, -0.05) is 24.3 Å². The van der Waals surface area contributed by atoms with E-state index >= 15 is 0 Å². The zero-order valence-corrected chi connectivity index (χ0v) is 11.9. The van der Waals surface area contributed by atoms with Gasteiger partial charge in [0, 0.05) is 51.2 Å². The summed E-state index contributed by atoms with van der Waals surface area (Å²) in [7, 11) is 0. The summed E-state index contributed by atoms with van der Waals surface area (Å²) in [6.45, 7) is 8.99. The van der Waals surface area contributed by atoms with Crippen LogP contribution in [0.2, 0.25) is 0 Å². The maximum Gasteiger partial charge on any atom is 0.0191 e. The fourth-order valence-corrected chi connectivity index (χ4v) is 3.37. The van der Waals surface area contributed by atoms with Crippen LogP contribution in [0, 0.1) is 0 Å². The van der Waals surface area contributed by atoms with Crippen molar-refractivity contribution in [2.24, 2.45) is 5.73 Å². The Morgan fingerprint density at radius 1 is 1.21 bits per heavy atom. The van der Waals surface area contributed by atoms with E-state index < -0.39 is 0 Å². The van der Waals surface area contributed by atoms with Crippen molar-refractivity contribution in [2.75, 3.05) is 39.3 Å². The SMILES string of the molecule is CC(CN)N1CCN(CC2Cc3ccccc32)CC1. The minimum atomic E-state index is 0.534. The van der Waals surface area contributed by atoms with E-state index in [0.29, 0.717) is 6.04 Å². The minimum absolute atomic E-state index is 0.534. The molecule has 2 atom stereocenters. The van der Waals surface area contributed by atoms with E-state index in [-0.39, 0.29) is 0 Å². The number of benzene rings is 1. The van der Waals surface area contributed by atoms with Crippen molar-refractivity contribution < 1.29 is 0 Å². The van der Waals surface area contributed by atoms with Crippen LogP contribution in [-0.4, -0.2) is 55.1 Å². The number of piperazine rings is 1. The lowest BCUT2D eigenvalue weighted by Gasteiger charge is -2.41. The van der Waals surface area contributed by atoms with Gasteiger partial charge in [-0.3, -0.25) is 4.90 Å². The van der Waals surface area contributed by atoms with Crippen LogP contribution in [0.5, 0.6) is 0 Å². The molecule has 2 unspecified atom stereocenters. The van der Waals surface area contributed by atoms with E-state index in [1.807, 2.05) is 0 Å². The summed E-state index contributed by atoms with van der Waals surface area (Å²) < 4.78 is 0. The minimum Gasteiger partial charge on any atom is -0.329 e. The van der Waals surface area contributed by atoms with Gasteiger partial charge in [0.25, 0.3) is 0 Å². The fraction of sp³-hybridized carbons (Fsp3) is 0.625. The molecule has 19 heavy (non-hydrogen) atoms. The molecule has 2 N–H and O–H groups in total. The molecule has 1 aliphatic carbocycles. The number of fused-ring (bicyclic) bond motifs is 1. The topological polar surface area (TPSA) is 32.5 Å². The van der Waals surface area contributed by atoms with Crippen LogP contribution in [0.3, 0.4) is 0 Å². The van der Waals surface area contributed by atoms with Crippen molar-refractivity contribution in [1.82, 2.24) is 9.80 Å². The highest BCUT2D eigenvalue weighted by molar-refractivity contribution is 5.40. The van der Waals surface area contributed by atoms with Gasteiger partial charge in [-0.25, -0.2) is 0 Å². The molecule has 3 nitrogen and oxygen atoms in total. The third-order valence-corrected chi connectivity index (χ3v) is 4.81. The van der Waals surface area contributed by atoms with Crippen molar-refractivity contribution in [3.05, 3.63) is 35.4 Å². The van der Waals surface area contributed by atoms with Gasteiger partial charge in [-0.15, -0.1) is 0 Å². The van der Waals surface area contributed by atoms with Crippen molar-refractivity contribution in [2.45, 2.75) is 25.3 Å².